The number of nitrogens with zero attached hydrogens (tertiary/aromatic N) is 1. The van der Waals surface area contributed by atoms with Gasteiger partial charge in [0, 0.05) is 12.7 Å². The molecule has 0 aliphatic heterocycles. The molecule has 1 aromatic heterocycles. The van der Waals surface area contributed by atoms with E-state index in [1.165, 1.54) is 12.1 Å². The lowest BCUT2D eigenvalue weighted by Gasteiger charge is -2.10. The van der Waals surface area contributed by atoms with Crippen LogP contribution in [-0.2, 0) is 11.3 Å². The number of aliphatic carboxylic acids is 1. The van der Waals surface area contributed by atoms with Gasteiger partial charge in [-0.2, -0.15) is 0 Å². The van der Waals surface area contributed by atoms with Crippen LogP contribution >= 0.6 is 0 Å². The van der Waals surface area contributed by atoms with E-state index in [1.807, 2.05) is 0 Å². The van der Waals surface area contributed by atoms with Crippen molar-refractivity contribution < 1.29 is 19.4 Å². The smallest absolute Gasteiger partial charge is 0.306 e. The van der Waals surface area contributed by atoms with Gasteiger partial charge in [0.15, 0.2) is 0 Å². The van der Waals surface area contributed by atoms with E-state index in [0.29, 0.717) is 5.52 Å². The molecule has 1 aromatic carbocycles. The Kier molecular flexibility index (Phi) is 3.10. The molecular weight excluding hydrogens is 225 g/mol. The first-order valence-electron chi connectivity index (χ1n) is 5.20. The highest BCUT2D eigenvalue weighted by molar-refractivity contribution is 5.80. The Labute approximate surface area is 96.9 Å². The average Bonchev–Trinajstić information content (AvgIpc) is 2.60. The topological polar surface area (TPSA) is 62.5 Å². The summed E-state index contributed by atoms with van der Waals surface area (Å²) in [5, 5.41) is 18.9. The number of aliphatic hydroxyl groups is 1. The van der Waals surface area contributed by atoms with E-state index < -0.39 is 12.1 Å². The van der Waals surface area contributed by atoms with Gasteiger partial charge in [0.25, 0.3) is 0 Å². The van der Waals surface area contributed by atoms with Gasteiger partial charge in [-0.25, -0.2) is 4.39 Å². The molecule has 0 spiro atoms. The molecule has 2 N–H and O–H groups in total. The average molecular weight is 237 g/mol. The number of halogens is 1. The number of benzene rings is 1. The van der Waals surface area contributed by atoms with Crippen molar-refractivity contribution in [3.63, 3.8) is 0 Å². The van der Waals surface area contributed by atoms with Gasteiger partial charge in [0.05, 0.1) is 18.0 Å². The van der Waals surface area contributed by atoms with Crippen LogP contribution < -0.4 is 0 Å². The molecule has 0 aliphatic carbocycles. The van der Waals surface area contributed by atoms with Crippen LogP contribution in [0.1, 0.15) is 6.42 Å². The first-order chi connectivity index (χ1) is 8.06. The van der Waals surface area contributed by atoms with Crippen LogP contribution in [0.4, 0.5) is 4.39 Å². The maximum Gasteiger partial charge on any atom is 0.306 e. The normalized spacial score (nSPS) is 12.8. The predicted molar refractivity (Wildman–Crippen MR) is 60.2 cm³/mol. The molecule has 0 bridgehead atoms. The molecule has 5 heteroatoms. The standard InChI is InChI=1S/C12H12FNO3/c13-9-2-1-8-3-4-14(11(8)5-9)7-10(15)6-12(16)17/h1-5,10,15H,6-7H2,(H,16,17). The maximum absolute atomic E-state index is 13.1. The van der Waals surface area contributed by atoms with Crippen LogP contribution in [0, 0.1) is 5.82 Å². The van der Waals surface area contributed by atoms with Crippen molar-refractivity contribution >= 4 is 16.9 Å². The minimum absolute atomic E-state index is 0.138. The summed E-state index contributed by atoms with van der Waals surface area (Å²) in [5.74, 6) is -1.41. The molecule has 2 aromatic rings. The first-order valence-corrected chi connectivity index (χ1v) is 5.20. The Balaban J connectivity index is 2.24. The third kappa shape index (κ3) is 2.62. The second kappa shape index (κ2) is 4.55. The van der Waals surface area contributed by atoms with Gasteiger partial charge < -0.3 is 14.8 Å². The Morgan fingerprint density at radius 1 is 1.41 bits per heavy atom. The quantitative estimate of drug-likeness (QED) is 0.849. The number of carboxylic acid groups (broad SMARTS) is 1. The molecule has 0 saturated carbocycles. The van der Waals surface area contributed by atoms with Gasteiger partial charge in [0.1, 0.15) is 5.82 Å². The Morgan fingerprint density at radius 2 is 2.18 bits per heavy atom. The molecule has 1 unspecified atom stereocenters. The second-order valence-electron chi connectivity index (χ2n) is 3.92. The van der Waals surface area contributed by atoms with E-state index in [2.05, 4.69) is 0 Å². The lowest BCUT2D eigenvalue weighted by molar-refractivity contribution is -0.139. The third-order valence-electron chi connectivity index (χ3n) is 2.55. The summed E-state index contributed by atoms with van der Waals surface area (Å²) in [5.41, 5.74) is 0.648. The lowest BCUT2D eigenvalue weighted by Crippen LogP contribution is -2.19. The number of hydrogen-bond acceptors (Lipinski definition) is 2. The maximum atomic E-state index is 13.1. The predicted octanol–water partition coefficient (Wildman–Crippen LogP) is 1.62. The Bertz CT molecular complexity index is 550. The fourth-order valence-corrected chi connectivity index (χ4v) is 1.81. The van der Waals surface area contributed by atoms with Crippen LogP contribution in [0.15, 0.2) is 30.5 Å². The molecule has 0 radical (unpaired) electrons. The Hall–Kier alpha value is -1.88. The van der Waals surface area contributed by atoms with E-state index in [9.17, 15) is 14.3 Å². The van der Waals surface area contributed by atoms with E-state index in [-0.39, 0.29) is 18.8 Å². The molecular formula is C12H12FNO3. The van der Waals surface area contributed by atoms with Gasteiger partial charge in [-0.05, 0) is 29.7 Å². The third-order valence-corrected chi connectivity index (χ3v) is 2.55. The fraction of sp³-hybridized carbons (Fsp3) is 0.250. The van der Waals surface area contributed by atoms with Gasteiger partial charge >= 0.3 is 5.97 Å². The molecule has 1 atom stereocenters. The first kappa shape index (κ1) is 11.6. The lowest BCUT2D eigenvalue weighted by atomic mass is 10.2. The molecule has 0 aliphatic rings. The zero-order valence-electron chi connectivity index (χ0n) is 9.01. The monoisotopic (exact) mass is 237 g/mol. The van der Waals surface area contributed by atoms with Crippen molar-refractivity contribution in [3.05, 3.63) is 36.3 Å². The van der Waals surface area contributed by atoms with E-state index in [4.69, 9.17) is 5.11 Å². The molecule has 4 nitrogen and oxygen atoms in total. The minimum atomic E-state index is -1.06. The molecule has 90 valence electrons. The van der Waals surface area contributed by atoms with Crippen molar-refractivity contribution in [2.75, 3.05) is 0 Å². The van der Waals surface area contributed by atoms with Crippen molar-refractivity contribution in [2.24, 2.45) is 0 Å². The number of carboxylic acids is 1. The van der Waals surface area contributed by atoms with Crippen molar-refractivity contribution in [1.82, 2.24) is 4.57 Å². The second-order valence-corrected chi connectivity index (χ2v) is 3.92. The molecule has 1 heterocycles. The summed E-state index contributed by atoms with van der Waals surface area (Å²) >= 11 is 0. The summed E-state index contributed by atoms with van der Waals surface area (Å²) in [6.07, 6.45) is 0.399. The van der Waals surface area contributed by atoms with E-state index in [1.54, 1.807) is 22.9 Å². The molecule has 0 saturated heterocycles. The van der Waals surface area contributed by atoms with E-state index >= 15 is 0 Å². The number of carbonyl (C=O) groups is 1. The van der Waals surface area contributed by atoms with Crippen molar-refractivity contribution in [1.29, 1.82) is 0 Å². The highest BCUT2D eigenvalue weighted by Crippen LogP contribution is 2.17. The molecule has 2 rings (SSSR count). The van der Waals surface area contributed by atoms with Crippen LogP contribution in [0.25, 0.3) is 10.9 Å². The number of rotatable bonds is 4. The summed E-state index contributed by atoms with van der Waals surface area (Å²) in [7, 11) is 0. The fourth-order valence-electron chi connectivity index (χ4n) is 1.81. The zero-order valence-corrected chi connectivity index (χ0v) is 9.01. The van der Waals surface area contributed by atoms with Gasteiger partial charge in [-0.15, -0.1) is 0 Å². The number of aliphatic hydroxyl groups excluding tert-OH is 1. The van der Waals surface area contributed by atoms with Crippen LogP contribution in [0.5, 0.6) is 0 Å². The largest absolute Gasteiger partial charge is 0.481 e. The molecule has 17 heavy (non-hydrogen) atoms. The zero-order chi connectivity index (χ0) is 12.4. The number of fused-ring (bicyclic) bond motifs is 1. The number of hydrogen-bond donors (Lipinski definition) is 2. The summed E-state index contributed by atoms with van der Waals surface area (Å²) in [4.78, 5) is 10.4. The summed E-state index contributed by atoms with van der Waals surface area (Å²) < 4.78 is 14.7. The van der Waals surface area contributed by atoms with Crippen LogP contribution in [-0.4, -0.2) is 26.9 Å². The highest BCUT2D eigenvalue weighted by atomic mass is 19.1. The van der Waals surface area contributed by atoms with E-state index in [0.717, 1.165) is 5.39 Å². The number of aromatic nitrogens is 1. The van der Waals surface area contributed by atoms with Crippen molar-refractivity contribution in [3.8, 4) is 0 Å². The summed E-state index contributed by atoms with van der Waals surface area (Å²) in [6.45, 7) is 0.138. The van der Waals surface area contributed by atoms with Gasteiger partial charge in [0.2, 0.25) is 0 Å². The summed E-state index contributed by atoms with van der Waals surface area (Å²) in [6, 6.07) is 6.16. The van der Waals surface area contributed by atoms with Crippen LogP contribution in [0.2, 0.25) is 0 Å². The SMILES string of the molecule is O=C(O)CC(O)Cn1ccc2ccc(F)cc21. The van der Waals surface area contributed by atoms with Gasteiger partial charge in [-0.1, -0.05) is 0 Å². The minimum Gasteiger partial charge on any atom is -0.481 e. The Morgan fingerprint density at radius 3 is 2.88 bits per heavy atom. The van der Waals surface area contributed by atoms with Crippen molar-refractivity contribution in [2.45, 2.75) is 19.1 Å². The molecule has 0 fully saturated rings. The van der Waals surface area contributed by atoms with Gasteiger partial charge in [-0.3, -0.25) is 4.79 Å². The highest BCUT2D eigenvalue weighted by Gasteiger charge is 2.11. The van der Waals surface area contributed by atoms with Crippen LogP contribution in [0.3, 0.4) is 0 Å². The molecule has 0 amide bonds.